The molecule has 0 atom stereocenters. The van der Waals surface area contributed by atoms with Crippen molar-refractivity contribution < 1.29 is 0 Å². The quantitative estimate of drug-likeness (QED) is 0.913. The van der Waals surface area contributed by atoms with Crippen molar-refractivity contribution in [2.75, 3.05) is 18.4 Å². The van der Waals surface area contributed by atoms with Crippen LogP contribution in [0.4, 0.5) is 5.95 Å². The van der Waals surface area contributed by atoms with Crippen LogP contribution in [0, 0.1) is 20.8 Å². The Labute approximate surface area is 132 Å². The average Bonchev–Trinajstić information content (AvgIpc) is 2.50. The van der Waals surface area contributed by atoms with E-state index in [0.29, 0.717) is 6.04 Å². The number of nitrogens with zero attached hydrogens (tertiary/aromatic N) is 2. The Morgan fingerprint density at radius 2 is 1.77 bits per heavy atom. The summed E-state index contributed by atoms with van der Waals surface area (Å²) in [7, 11) is 0. The third-order valence-corrected chi connectivity index (χ3v) is 4.33. The molecule has 1 aliphatic heterocycles. The van der Waals surface area contributed by atoms with E-state index in [9.17, 15) is 0 Å². The highest BCUT2D eigenvalue weighted by atomic mass is 15.1. The first-order valence-electron chi connectivity index (χ1n) is 8.02. The third-order valence-electron chi connectivity index (χ3n) is 4.33. The predicted octanol–water partition coefficient (Wildman–Crippen LogP) is 3.23. The van der Waals surface area contributed by atoms with Gasteiger partial charge < -0.3 is 10.6 Å². The monoisotopic (exact) mass is 296 g/mol. The van der Waals surface area contributed by atoms with Crippen LogP contribution in [-0.4, -0.2) is 29.1 Å². The van der Waals surface area contributed by atoms with Crippen LogP contribution in [0.1, 0.15) is 29.7 Å². The summed E-state index contributed by atoms with van der Waals surface area (Å²) < 4.78 is 0. The fraction of sp³-hybridized carbons (Fsp3) is 0.444. The number of benzene rings is 1. The van der Waals surface area contributed by atoms with Crippen molar-refractivity contribution in [3.8, 4) is 11.3 Å². The van der Waals surface area contributed by atoms with Gasteiger partial charge in [0, 0.05) is 17.3 Å². The van der Waals surface area contributed by atoms with Crippen molar-refractivity contribution in [2.24, 2.45) is 0 Å². The van der Waals surface area contributed by atoms with E-state index in [1.165, 1.54) is 11.1 Å². The van der Waals surface area contributed by atoms with Crippen molar-refractivity contribution in [1.29, 1.82) is 0 Å². The Kier molecular flexibility index (Phi) is 4.39. The second-order valence-electron chi connectivity index (χ2n) is 6.19. The Balaban J connectivity index is 1.86. The summed E-state index contributed by atoms with van der Waals surface area (Å²) in [6, 6.07) is 9.01. The maximum absolute atomic E-state index is 4.73. The topological polar surface area (TPSA) is 49.8 Å². The van der Waals surface area contributed by atoms with Gasteiger partial charge in [-0.15, -0.1) is 0 Å². The van der Waals surface area contributed by atoms with E-state index in [2.05, 4.69) is 53.7 Å². The molecule has 1 aromatic carbocycles. The number of anilines is 1. The predicted molar refractivity (Wildman–Crippen MR) is 91.2 cm³/mol. The standard InChI is InChI=1S/C18H24N4/c1-12-4-5-15(10-13(12)2)17-11-14(3)20-18(22-17)21-16-6-8-19-9-7-16/h4-5,10-11,16,19H,6-9H2,1-3H3,(H,20,21,22). The first-order valence-corrected chi connectivity index (χ1v) is 8.02. The lowest BCUT2D eigenvalue weighted by Gasteiger charge is -2.24. The van der Waals surface area contributed by atoms with Gasteiger partial charge in [-0.1, -0.05) is 12.1 Å². The molecule has 116 valence electrons. The average molecular weight is 296 g/mol. The molecule has 2 N–H and O–H groups in total. The molecule has 0 aliphatic carbocycles. The molecule has 3 rings (SSSR count). The molecular weight excluding hydrogens is 272 g/mol. The van der Waals surface area contributed by atoms with Gasteiger partial charge in [0.15, 0.2) is 0 Å². The largest absolute Gasteiger partial charge is 0.351 e. The minimum Gasteiger partial charge on any atom is -0.351 e. The summed E-state index contributed by atoms with van der Waals surface area (Å²) in [6.45, 7) is 8.43. The third kappa shape index (κ3) is 3.45. The van der Waals surface area contributed by atoms with E-state index in [0.717, 1.165) is 48.8 Å². The second-order valence-corrected chi connectivity index (χ2v) is 6.19. The molecule has 0 bridgehead atoms. The lowest BCUT2D eigenvalue weighted by atomic mass is 10.0. The van der Waals surface area contributed by atoms with E-state index in [1.54, 1.807) is 0 Å². The van der Waals surface area contributed by atoms with Gasteiger partial charge in [0.25, 0.3) is 0 Å². The first-order chi connectivity index (χ1) is 10.6. The summed E-state index contributed by atoms with van der Waals surface area (Å²) in [5.74, 6) is 0.750. The Morgan fingerprint density at radius 3 is 2.50 bits per heavy atom. The van der Waals surface area contributed by atoms with E-state index in [4.69, 9.17) is 4.98 Å². The van der Waals surface area contributed by atoms with E-state index in [-0.39, 0.29) is 0 Å². The molecule has 0 amide bonds. The van der Waals surface area contributed by atoms with Gasteiger partial charge in [-0.3, -0.25) is 0 Å². The van der Waals surface area contributed by atoms with Crippen LogP contribution < -0.4 is 10.6 Å². The highest BCUT2D eigenvalue weighted by Crippen LogP contribution is 2.22. The molecule has 0 radical (unpaired) electrons. The zero-order valence-corrected chi connectivity index (χ0v) is 13.6. The Morgan fingerprint density at radius 1 is 1.00 bits per heavy atom. The first kappa shape index (κ1) is 15.0. The van der Waals surface area contributed by atoms with Crippen molar-refractivity contribution in [1.82, 2.24) is 15.3 Å². The maximum Gasteiger partial charge on any atom is 0.223 e. The molecule has 0 unspecified atom stereocenters. The van der Waals surface area contributed by atoms with Gasteiger partial charge in [-0.05, 0) is 70.0 Å². The molecule has 2 heterocycles. The molecule has 4 nitrogen and oxygen atoms in total. The number of hydrogen-bond acceptors (Lipinski definition) is 4. The SMILES string of the molecule is Cc1cc(-c2ccc(C)c(C)c2)nc(NC2CCNCC2)n1. The number of hydrogen-bond donors (Lipinski definition) is 2. The Hall–Kier alpha value is -1.94. The van der Waals surface area contributed by atoms with Crippen LogP contribution in [-0.2, 0) is 0 Å². The molecule has 1 aromatic heterocycles. The molecule has 1 aliphatic rings. The molecule has 22 heavy (non-hydrogen) atoms. The zero-order chi connectivity index (χ0) is 15.5. The summed E-state index contributed by atoms with van der Waals surface area (Å²) in [5, 5.41) is 6.88. The normalized spacial score (nSPS) is 15.8. The van der Waals surface area contributed by atoms with Crippen LogP contribution in [0.2, 0.25) is 0 Å². The molecule has 0 saturated carbocycles. The number of aromatic nitrogens is 2. The van der Waals surface area contributed by atoms with Gasteiger partial charge >= 0.3 is 0 Å². The number of rotatable bonds is 3. The van der Waals surface area contributed by atoms with E-state index in [1.807, 2.05) is 6.92 Å². The maximum atomic E-state index is 4.73. The van der Waals surface area contributed by atoms with Gasteiger partial charge in [-0.2, -0.15) is 0 Å². The van der Waals surface area contributed by atoms with Crippen LogP contribution in [0.5, 0.6) is 0 Å². The van der Waals surface area contributed by atoms with Gasteiger partial charge in [0.2, 0.25) is 5.95 Å². The number of nitrogens with one attached hydrogen (secondary N) is 2. The molecule has 4 heteroatoms. The highest BCUT2D eigenvalue weighted by molar-refractivity contribution is 5.62. The van der Waals surface area contributed by atoms with Gasteiger partial charge in [-0.25, -0.2) is 9.97 Å². The summed E-state index contributed by atoms with van der Waals surface area (Å²) in [4.78, 5) is 9.28. The van der Waals surface area contributed by atoms with E-state index >= 15 is 0 Å². The summed E-state index contributed by atoms with van der Waals surface area (Å²) in [6.07, 6.45) is 2.24. The van der Waals surface area contributed by atoms with Crippen LogP contribution in [0.3, 0.4) is 0 Å². The van der Waals surface area contributed by atoms with Gasteiger partial charge in [0.05, 0.1) is 5.69 Å². The summed E-state index contributed by atoms with van der Waals surface area (Å²) >= 11 is 0. The number of piperidine rings is 1. The summed E-state index contributed by atoms with van der Waals surface area (Å²) in [5.41, 5.74) is 5.75. The van der Waals surface area contributed by atoms with Crippen molar-refractivity contribution in [3.63, 3.8) is 0 Å². The highest BCUT2D eigenvalue weighted by Gasteiger charge is 2.14. The fourth-order valence-corrected chi connectivity index (χ4v) is 2.83. The Bertz CT molecular complexity index is 660. The number of aryl methyl sites for hydroxylation is 3. The molecule has 2 aromatic rings. The van der Waals surface area contributed by atoms with Crippen molar-refractivity contribution in [3.05, 3.63) is 41.1 Å². The van der Waals surface area contributed by atoms with E-state index < -0.39 is 0 Å². The lowest BCUT2D eigenvalue weighted by molar-refractivity contribution is 0.477. The van der Waals surface area contributed by atoms with Crippen LogP contribution in [0.15, 0.2) is 24.3 Å². The van der Waals surface area contributed by atoms with Gasteiger partial charge in [0.1, 0.15) is 0 Å². The zero-order valence-electron chi connectivity index (χ0n) is 13.6. The van der Waals surface area contributed by atoms with Crippen LogP contribution in [0.25, 0.3) is 11.3 Å². The van der Waals surface area contributed by atoms with Crippen molar-refractivity contribution >= 4 is 5.95 Å². The molecule has 1 fully saturated rings. The second kappa shape index (κ2) is 6.44. The lowest BCUT2D eigenvalue weighted by Crippen LogP contribution is -2.35. The minimum absolute atomic E-state index is 0.468. The van der Waals surface area contributed by atoms with Crippen molar-refractivity contribution in [2.45, 2.75) is 39.7 Å². The smallest absolute Gasteiger partial charge is 0.223 e. The molecular formula is C18H24N4. The van der Waals surface area contributed by atoms with Crippen LogP contribution >= 0.6 is 0 Å². The molecule has 1 saturated heterocycles. The molecule has 0 spiro atoms. The minimum atomic E-state index is 0.468. The fourth-order valence-electron chi connectivity index (χ4n) is 2.83.